The summed E-state index contributed by atoms with van der Waals surface area (Å²) in [7, 11) is 1.57. The van der Waals surface area contributed by atoms with Gasteiger partial charge in [0.1, 0.15) is 11.3 Å². The van der Waals surface area contributed by atoms with Gasteiger partial charge in [-0.15, -0.1) is 0 Å². The van der Waals surface area contributed by atoms with Crippen molar-refractivity contribution >= 4 is 45.0 Å². The molecule has 3 amide bonds. The second kappa shape index (κ2) is 6.40. The van der Waals surface area contributed by atoms with Crippen LogP contribution in [0.5, 0.6) is 5.75 Å². The molecule has 31 heavy (non-hydrogen) atoms. The van der Waals surface area contributed by atoms with E-state index in [0.29, 0.717) is 23.7 Å². The molecule has 0 saturated carbocycles. The normalized spacial score (nSPS) is 31.2. The maximum Gasteiger partial charge on any atom is 0.250 e. The van der Waals surface area contributed by atoms with Crippen LogP contribution in [-0.2, 0) is 19.9 Å². The fraction of sp³-hybridized carbons (Fsp3) is 0.348. The Bertz CT molecular complexity index is 1150. The van der Waals surface area contributed by atoms with Crippen molar-refractivity contribution in [1.29, 1.82) is 0 Å². The summed E-state index contributed by atoms with van der Waals surface area (Å²) in [5.41, 5.74) is 0.850. The molecule has 4 aliphatic heterocycles. The summed E-state index contributed by atoms with van der Waals surface area (Å²) >= 11 is 3.52. The Hall–Kier alpha value is -2.71. The predicted molar refractivity (Wildman–Crippen MR) is 117 cm³/mol. The van der Waals surface area contributed by atoms with Crippen LogP contribution >= 0.6 is 15.9 Å². The minimum Gasteiger partial charge on any atom is -0.497 e. The summed E-state index contributed by atoms with van der Waals surface area (Å²) in [5, 5.41) is 2.99. The Labute approximate surface area is 187 Å². The van der Waals surface area contributed by atoms with E-state index in [1.165, 1.54) is 4.90 Å². The summed E-state index contributed by atoms with van der Waals surface area (Å²) in [6.07, 6.45) is 1.70. The van der Waals surface area contributed by atoms with Gasteiger partial charge in [-0.25, -0.2) is 4.90 Å². The molecule has 2 aromatic carbocycles. The van der Waals surface area contributed by atoms with Gasteiger partial charge in [-0.05, 0) is 61.9 Å². The molecule has 1 N–H and O–H groups in total. The van der Waals surface area contributed by atoms with Crippen LogP contribution in [0.25, 0.3) is 0 Å². The van der Waals surface area contributed by atoms with E-state index >= 15 is 0 Å². The summed E-state index contributed by atoms with van der Waals surface area (Å²) in [4.78, 5) is 44.4. The van der Waals surface area contributed by atoms with E-state index in [-0.39, 0.29) is 23.8 Å². The van der Waals surface area contributed by atoms with E-state index < -0.39 is 17.4 Å². The molecule has 6 rings (SSSR count). The lowest BCUT2D eigenvalue weighted by Crippen LogP contribution is -2.54. The molecule has 158 valence electrons. The van der Waals surface area contributed by atoms with Crippen molar-refractivity contribution in [2.75, 3.05) is 23.9 Å². The maximum absolute atomic E-state index is 13.8. The number of ether oxygens (including phenoxy) is 1. The largest absolute Gasteiger partial charge is 0.497 e. The molecule has 0 aromatic heterocycles. The van der Waals surface area contributed by atoms with Crippen LogP contribution in [-0.4, -0.2) is 42.3 Å². The minimum absolute atomic E-state index is 0.125. The number of benzene rings is 2. The van der Waals surface area contributed by atoms with Gasteiger partial charge in [-0.1, -0.05) is 15.9 Å². The average Bonchev–Trinajstić information content (AvgIpc) is 3.47. The van der Waals surface area contributed by atoms with Crippen LogP contribution in [0.1, 0.15) is 18.4 Å². The van der Waals surface area contributed by atoms with Gasteiger partial charge < -0.3 is 10.1 Å². The van der Waals surface area contributed by atoms with E-state index in [9.17, 15) is 14.4 Å². The number of halogens is 1. The van der Waals surface area contributed by atoms with Crippen molar-refractivity contribution in [3.05, 3.63) is 52.5 Å². The monoisotopic (exact) mass is 481 g/mol. The number of methoxy groups -OCH3 is 1. The number of imide groups is 1. The molecule has 8 heteroatoms. The third-order valence-electron chi connectivity index (χ3n) is 7.29. The van der Waals surface area contributed by atoms with Crippen LogP contribution in [0.2, 0.25) is 0 Å². The Morgan fingerprint density at radius 3 is 2.61 bits per heavy atom. The van der Waals surface area contributed by atoms with Crippen molar-refractivity contribution in [1.82, 2.24) is 4.90 Å². The zero-order valence-corrected chi connectivity index (χ0v) is 18.4. The lowest BCUT2D eigenvalue weighted by molar-refractivity contribution is -0.135. The third kappa shape index (κ3) is 2.24. The number of anilines is 2. The number of amides is 3. The molecular formula is C23H20BrN3O4. The van der Waals surface area contributed by atoms with E-state index in [2.05, 4.69) is 26.1 Å². The van der Waals surface area contributed by atoms with Crippen LogP contribution in [0.15, 0.2) is 46.9 Å². The second-order valence-corrected chi connectivity index (χ2v) is 9.44. The highest BCUT2D eigenvalue weighted by Gasteiger charge is 2.74. The van der Waals surface area contributed by atoms with Crippen molar-refractivity contribution in [2.24, 2.45) is 11.8 Å². The third-order valence-corrected chi connectivity index (χ3v) is 7.78. The van der Waals surface area contributed by atoms with Gasteiger partial charge in [0.15, 0.2) is 0 Å². The highest BCUT2D eigenvalue weighted by Crippen LogP contribution is 2.60. The van der Waals surface area contributed by atoms with Gasteiger partial charge >= 0.3 is 0 Å². The zero-order valence-electron chi connectivity index (χ0n) is 16.8. The topological polar surface area (TPSA) is 78.9 Å². The zero-order chi connectivity index (χ0) is 21.5. The van der Waals surface area contributed by atoms with Gasteiger partial charge in [-0.2, -0.15) is 0 Å². The van der Waals surface area contributed by atoms with Gasteiger partial charge in [0, 0.05) is 21.8 Å². The van der Waals surface area contributed by atoms with Gasteiger partial charge in [0.05, 0.1) is 24.6 Å². The molecule has 4 heterocycles. The predicted octanol–water partition coefficient (Wildman–Crippen LogP) is 2.89. The first-order valence-corrected chi connectivity index (χ1v) is 11.2. The molecule has 2 aromatic rings. The Morgan fingerprint density at radius 2 is 1.87 bits per heavy atom. The van der Waals surface area contributed by atoms with Crippen LogP contribution < -0.4 is 15.0 Å². The fourth-order valence-corrected chi connectivity index (χ4v) is 6.52. The van der Waals surface area contributed by atoms with Crippen LogP contribution in [0.3, 0.4) is 0 Å². The van der Waals surface area contributed by atoms with Gasteiger partial charge in [0.25, 0.3) is 0 Å². The Kier molecular flexibility index (Phi) is 3.92. The highest BCUT2D eigenvalue weighted by atomic mass is 79.9. The standard InChI is InChI=1S/C23H20BrN3O4/c1-31-14-7-5-13(6-8-14)27-20(28)18-17-3-2-10-26(17)23(19(18)21(27)29)15-11-12(24)4-9-16(15)25-22(23)30/h4-9,11,17-19H,2-3,10H2,1H3,(H,25,30)/t17-,18+,19-,23-/m0/s1. The average molecular weight is 482 g/mol. The lowest BCUT2D eigenvalue weighted by atomic mass is 9.75. The summed E-state index contributed by atoms with van der Waals surface area (Å²) in [5.74, 6) is -1.37. The highest BCUT2D eigenvalue weighted by molar-refractivity contribution is 9.10. The number of carbonyl (C=O) groups excluding carboxylic acids is 3. The number of nitrogens with zero attached hydrogens (tertiary/aromatic N) is 2. The first-order valence-electron chi connectivity index (χ1n) is 10.4. The van der Waals surface area contributed by atoms with Crippen molar-refractivity contribution < 1.29 is 19.1 Å². The molecule has 4 aliphatic rings. The Balaban J connectivity index is 1.53. The summed E-state index contributed by atoms with van der Waals surface area (Å²) in [6.45, 7) is 0.695. The number of hydrogen-bond acceptors (Lipinski definition) is 5. The van der Waals surface area contributed by atoms with E-state index in [4.69, 9.17) is 4.74 Å². The van der Waals surface area contributed by atoms with Gasteiger partial charge in [-0.3, -0.25) is 19.3 Å². The first-order chi connectivity index (χ1) is 15.0. The first kappa shape index (κ1) is 19.0. The summed E-state index contributed by atoms with van der Waals surface area (Å²) < 4.78 is 6.04. The molecule has 0 aliphatic carbocycles. The Morgan fingerprint density at radius 1 is 1.10 bits per heavy atom. The molecule has 0 bridgehead atoms. The molecule has 1 spiro atoms. The number of nitrogens with one attached hydrogen (secondary N) is 1. The van der Waals surface area contributed by atoms with Crippen molar-refractivity contribution in [3.63, 3.8) is 0 Å². The number of hydrogen-bond donors (Lipinski definition) is 1. The molecule has 3 fully saturated rings. The van der Waals surface area contributed by atoms with E-state index in [1.807, 2.05) is 18.2 Å². The second-order valence-electron chi connectivity index (χ2n) is 8.53. The van der Waals surface area contributed by atoms with E-state index in [1.54, 1.807) is 31.4 Å². The fourth-order valence-electron chi connectivity index (χ4n) is 6.16. The molecule has 3 saturated heterocycles. The minimum atomic E-state index is -1.15. The van der Waals surface area contributed by atoms with Crippen LogP contribution in [0, 0.1) is 11.8 Å². The number of carbonyl (C=O) groups is 3. The van der Waals surface area contributed by atoms with Crippen molar-refractivity contribution in [3.8, 4) is 5.75 Å². The molecule has 0 radical (unpaired) electrons. The van der Waals surface area contributed by atoms with Gasteiger partial charge in [0.2, 0.25) is 17.7 Å². The number of rotatable bonds is 2. The summed E-state index contributed by atoms with van der Waals surface area (Å²) in [6, 6.07) is 12.4. The SMILES string of the molecule is COc1ccc(N2C(=O)[C@H]3[C@@H](C2=O)[C@@]2(C(=O)Nc4ccc(Br)cc42)N2CCC[C@@H]32)cc1. The molecular weight excluding hydrogens is 462 g/mol. The maximum atomic E-state index is 13.8. The number of fused-ring (bicyclic) bond motifs is 7. The molecule has 7 nitrogen and oxygen atoms in total. The van der Waals surface area contributed by atoms with E-state index in [0.717, 1.165) is 22.9 Å². The van der Waals surface area contributed by atoms with Crippen molar-refractivity contribution in [2.45, 2.75) is 24.4 Å². The molecule has 4 atom stereocenters. The molecule has 0 unspecified atom stereocenters. The quantitative estimate of drug-likeness (QED) is 0.667. The lowest BCUT2D eigenvalue weighted by Gasteiger charge is -2.36. The van der Waals surface area contributed by atoms with Crippen LogP contribution in [0.4, 0.5) is 11.4 Å². The smallest absolute Gasteiger partial charge is 0.250 e.